The third-order valence-corrected chi connectivity index (χ3v) is 5.33. The Bertz CT molecular complexity index is 965. The molecule has 0 radical (unpaired) electrons. The molecule has 0 bridgehead atoms. The quantitative estimate of drug-likeness (QED) is 0.717. The summed E-state index contributed by atoms with van der Waals surface area (Å²) in [6, 6.07) is 12.6. The van der Waals surface area contributed by atoms with Crippen molar-refractivity contribution in [2.24, 2.45) is 0 Å². The summed E-state index contributed by atoms with van der Waals surface area (Å²) in [5.41, 5.74) is 4.46. The molecule has 1 aliphatic rings. The van der Waals surface area contributed by atoms with Crippen molar-refractivity contribution in [1.29, 1.82) is 0 Å². The molecule has 27 heavy (non-hydrogen) atoms. The van der Waals surface area contributed by atoms with Gasteiger partial charge in [-0.25, -0.2) is 9.50 Å². The van der Waals surface area contributed by atoms with Gasteiger partial charge in [0.1, 0.15) is 5.69 Å². The van der Waals surface area contributed by atoms with Crippen LogP contribution in [0.4, 0.5) is 0 Å². The van der Waals surface area contributed by atoms with Crippen LogP contribution in [0.1, 0.15) is 27.3 Å². The molecule has 0 spiro atoms. The molecule has 1 unspecified atom stereocenters. The number of hydrogen-bond acceptors (Lipinski definition) is 4. The van der Waals surface area contributed by atoms with Gasteiger partial charge in [0.15, 0.2) is 5.65 Å². The lowest BCUT2D eigenvalue weighted by Gasteiger charge is -2.39. The molecule has 3 heterocycles. The fourth-order valence-corrected chi connectivity index (χ4v) is 3.75. The minimum atomic E-state index is -0.00230. The Labute approximate surface area is 159 Å². The number of carbonyl (C=O) groups excluding carboxylic acids is 1. The molecule has 0 N–H and O–H groups in total. The van der Waals surface area contributed by atoms with Crippen molar-refractivity contribution in [3.8, 4) is 0 Å². The Hall–Kier alpha value is -2.73. The first-order valence-electron chi connectivity index (χ1n) is 9.38. The van der Waals surface area contributed by atoms with Crippen molar-refractivity contribution in [3.05, 3.63) is 65.1 Å². The third kappa shape index (κ3) is 3.57. The van der Waals surface area contributed by atoms with Crippen molar-refractivity contribution < 1.29 is 4.79 Å². The van der Waals surface area contributed by atoms with Crippen molar-refractivity contribution in [3.63, 3.8) is 0 Å². The molecule has 1 aromatic carbocycles. The molecule has 1 atom stereocenters. The first-order chi connectivity index (χ1) is 13.0. The number of piperazine rings is 1. The molecule has 2 aromatic heterocycles. The summed E-state index contributed by atoms with van der Waals surface area (Å²) in [6.07, 6.45) is 2.80. The topological polar surface area (TPSA) is 53.7 Å². The van der Waals surface area contributed by atoms with Crippen LogP contribution in [-0.4, -0.2) is 63.0 Å². The molecule has 0 saturated carbocycles. The summed E-state index contributed by atoms with van der Waals surface area (Å²) in [5.74, 6) is -0.00230. The number of aryl methyl sites for hydroxylation is 2. The highest BCUT2D eigenvalue weighted by Gasteiger charge is 2.29. The summed E-state index contributed by atoms with van der Waals surface area (Å²) in [5, 5.41) is 4.51. The molecule has 4 rings (SSSR count). The van der Waals surface area contributed by atoms with Crippen LogP contribution in [0.3, 0.4) is 0 Å². The molecule has 1 aliphatic heterocycles. The van der Waals surface area contributed by atoms with Crippen LogP contribution in [0, 0.1) is 13.8 Å². The van der Waals surface area contributed by atoms with Crippen molar-refractivity contribution in [2.45, 2.75) is 26.3 Å². The summed E-state index contributed by atoms with van der Waals surface area (Å²) < 4.78 is 1.72. The third-order valence-electron chi connectivity index (χ3n) is 5.33. The highest BCUT2D eigenvalue weighted by Crippen LogP contribution is 2.17. The summed E-state index contributed by atoms with van der Waals surface area (Å²) in [7, 11) is 2.14. The maximum Gasteiger partial charge on any atom is 0.274 e. The number of nitrogens with zero attached hydrogens (tertiary/aromatic N) is 5. The van der Waals surface area contributed by atoms with Crippen LogP contribution >= 0.6 is 0 Å². The van der Waals surface area contributed by atoms with Gasteiger partial charge in [-0.2, -0.15) is 5.10 Å². The molecular weight excluding hydrogens is 338 g/mol. The summed E-state index contributed by atoms with van der Waals surface area (Å²) in [4.78, 5) is 21.9. The van der Waals surface area contributed by atoms with E-state index in [1.54, 1.807) is 4.52 Å². The average molecular weight is 363 g/mol. The van der Waals surface area contributed by atoms with Crippen LogP contribution in [0.5, 0.6) is 0 Å². The Morgan fingerprint density at radius 1 is 1.19 bits per heavy atom. The number of carbonyl (C=O) groups is 1. The van der Waals surface area contributed by atoms with E-state index in [2.05, 4.69) is 46.3 Å². The molecular formula is C21H25N5O. The lowest BCUT2D eigenvalue weighted by molar-refractivity contribution is 0.0540. The van der Waals surface area contributed by atoms with Crippen molar-refractivity contribution in [2.75, 3.05) is 26.7 Å². The van der Waals surface area contributed by atoms with E-state index in [9.17, 15) is 4.79 Å². The minimum absolute atomic E-state index is 0.00230. The number of aromatic nitrogens is 3. The predicted molar refractivity (Wildman–Crippen MR) is 105 cm³/mol. The van der Waals surface area contributed by atoms with Gasteiger partial charge in [0.25, 0.3) is 5.91 Å². The second-order valence-electron chi connectivity index (χ2n) is 7.44. The van der Waals surface area contributed by atoms with E-state index in [0.717, 1.165) is 36.4 Å². The Balaban J connectivity index is 1.54. The highest BCUT2D eigenvalue weighted by molar-refractivity contribution is 5.92. The maximum absolute atomic E-state index is 13.1. The van der Waals surface area contributed by atoms with Gasteiger partial charge in [-0.05, 0) is 44.5 Å². The van der Waals surface area contributed by atoms with Gasteiger partial charge in [-0.1, -0.05) is 30.3 Å². The zero-order chi connectivity index (χ0) is 19.0. The fraction of sp³-hybridized carbons (Fsp3) is 0.381. The van der Waals surface area contributed by atoms with E-state index < -0.39 is 0 Å². The average Bonchev–Trinajstić information content (AvgIpc) is 3.05. The maximum atomic E-state index is 13.1. The Morgan fingerprint density at radius 3 is 2.74 bits per heavy atom. The van der Waals surface area contributed by atoms with Crippen molar-refractivity contribution >= 4 is 11.6 Å². The van der Waals surface area contributed by atoms with Gasteiger partial charge in [-0.15, -0.1) is 0 Å². The van der Waals surface area contributed by atoms with Gasteiger partial charge in [0.2, 0.25) is 0 Å². The first kappa shape index (κ1) is 17.7. The number of likely N-dealkylation sites (N-methyl/N-ethyl adjacent to an activating group) is 1. The normalized spacial score (nSPS) is 18.2. The van der Waals surface area contributed by atoms with Crippen LogP contribution in [0.25, 0.3) is 5.65 Å². The number of benzene rings is 1. The lowest BCUT2D eigenvalue weighted by atomic mass is 10.0. The molecule has 3 aromatic rings. The van der Waals surface area contributed by atoms with E-state index in [4.69, 9.17) is 0 Å². The smallest absolute Gasteiger partial charge is 0.274 e. The Morgan fingerprint density at radius 2 is 1.96 bits per heavy atom. The van der Waals surface area contributed by atoms with Crippen LogP contribution in [0.15, 0.2) is 42.6 Å². The molecule has 1 saturated heterocycles. The number of fused-ring (bicyclic) bond motifs is 1. The fourth-order valence-electron chi connectivity index (χ4n) is 3.75. The van der Waals surface area contributed by atoms with Gasteiger partial charge in [-0.3, -0.25) is 9.69 Å². The van der Waals surface area contributed by atoms with Crippen LogP contribution in [0.2, 0.25) is 0 Å². The zero-order valence-electron chi connectivity index (χ0n) is 16.1. The number of imidazole rings is 1. The minimum Gasteiger partial charge on any atom is -0.334 e. The van der Waals surface area contributed by atoms with Gasteiger partial charge < -0.3 is 4.90 Å². The van der Waals surface area contributed by atoms with Gasteiger partial charge in [0, 0.05) is 25.7 Å². The van der Waals surface area contributed by atoms with Crippen LogP contribution < -0.4 is 0 Å². The predicted octanol–water partition coefficient (Wildman–Crippen LogP) is 2.35. The molecule has 6 heteroatoms. The summed E-state index contributed by atoms with van der Waals surface area (Å²) >= 11 is 0. The number of hydrogen-bond donors (Lipinski definition) is 0. The van der Waals surface area contributed by atoms with E-state index >= 15 is 0 Å². The van der Waals surface area contributed by atoms with E-state index in [-0.39, 0.29) is 5.91 Å². The van der Waals surface area contributed by atoms with Gasteiger partial charge >= 0.3 is 0 Å². The second kappa shape index (κ2) is 7.12. The largest absolute Gasteiger partial charge is 0.334 e. The SMILES string of the molecule is Cc1cn2nc(C(=O)N3CCN(C)C(Cc4ccccc4)C3)cc(C)c2n1. The first-order valence-corrected chi connectivity index (χ1v) is 9.38. The molecule has 140 valence electrons. The van der Waals surface area contributed by atoms with Crippen LogP contribution in [-0.2, 0) is 6.42 Å². The van der Waals surface area contributed by atoms with E-state index in [1.807, 2.05) is 37.1 Å². The van der Waals surface area contributed by atoms with E-state index in [1.165, 1.54) is 5.56 Å². The molecule has 6 nitrogen and oxygen atoms in total. The number of rotatable bonds is 3. The standard InChI is InChI=1S/C21H25N5O/c1-15-11-19(23-26-13-16(2)22-20(15)26)21(27)25-10-9-24(3)18(14-25)12-17-7-5-4-6-8-17/h4-8,11,13,18H,9-10,12,14H2,1-3H3. The zero-order valence-corrected chi connectivity index (χ0v) is 16.1. The lowest BCUT2D eigenvalue weighted by Crippen LogP contribution is -2.54. The molecule has 0 aliphatic carbocycles. The monoisotopic (exact) mass is 363 g/mol. The number of amides is 1. The van der Waals surface area contributed by atoms with E-state index in [0.29, 0.717) is 18.3 Å². The highest BCUT2D eigenvalue weighted by atomic mass is 16.2. The second-order valence-corrected chi connectivity index (χ2v) is 7.44. The van der Waals surface area contributed by atoms with Crippen molar-refractivity contribution in [1.82, 2.24) is 24.4 Å². The summed E-state index contributed by atoms with van der Waals surface area (Å²) in [6.45, 7) is 6.22. The molecule has 1 fully saturated rings. The van der Waals surface area contributed by atoms with Gasteiger partial charge in [0.05, 0.1) is 11.9 Å². The Kier molecular flexibility index (Phi) is 4.66. The molecule has 1 amide bonds.